The average Bonchev–Trinajstić information content (AvgIpc) is 2.69. The fourth-order valence-corrected chi connectivity index (χ4v) is 2.51. The van der Waals surface area contributed by atoms with Gasteiger partial charge in [-0.2, -0.15) is 0 Å². The molecule has 0 radical (unpaired) electrons. The van der Waals surface area contributed by atoms with Crippen LogP contribution < -0.4 is 0 Å². The molecule has 0 heterocycles. The fourth-order valence-electron chi connectivity index (χ4n) is 1.90. The van der Waals surface area contributed by atoms with Gasteiger partial charge in [-0.15, -0.1) is 0 Å². The predicted octanol–water partition coefficient (Wildman–Crippen LogP) is 4.14. The van der Waals surface area contributed by atoms with Crippen LogP contribution in [0.1, 0.15) is 30.9 Å². The summed E-state index contributed by atoms with van der Waals surface area (Å²) < 4.78 is 0. The third-order valence-electron chi connectivity index (χ3n) is 2.70. The summed E-state index contributed by atoms with van der Waals surface area (Å²) in [5, 5.41) is 11.2. The number of aliphatic hydroxyl groups is 1. The Kier molecular flexibility index (Phi) is 3.35. The van der Waals surface area contributed by atoms with Gasteiger partial charge in [-0.05, 0) is 37.0 Å². The highest BCUT2D eigenvalue weighted by molar-refractivity contribution is 6.36. The molecule has 0 spiro atoms. The number of hydrogen-bond acceptors (Lipinski definition) is 1. The quantitative estimate of drug-likeness (QED) is 0.774. The molecular weight excluding hydrogens is 231 g/mol. The highest BCUT2D eigenvalue weighted by atomic mass is 35.5. The number of halogens is 2. The molecule has 0 aromatic heterocycles. The topological polar surface area (TPSA) is 20.2 Å². The molecule has 3 heteroatoms. The summed E-state index contributed by atoms with van der Waals surface area (Å²) in [6.45, 7) is 0. The molecule has 1 N–H and O–H groups in total. The highest BCUT2D eigenvalue weighted by Gasteiger charge is 2.20. The molecule has 0 aliphatic heterocycles. The summed E-state index contributed by atoms with van der Waals surface area (Å²) in [6.07, 6.45) is 4.50. The second-order valence-electron chi connectivity index (χ2n) is 3.71. The van der Waals surface area contributed by atoms with Crippen LogP contribution in [-0.2, 0) is 0 Å². The van der Waals surface area contributed by atoms with Gasteiger partial charge in [-0.1, -0.05) is 35.3 Å². The SMILES string of the molecule is OC(C1=CCCC1)c1c(Cl)cccc1Cl. The second-order valence-corrected chi connectivity index (χ2v) is 4.52. The maximum atomic E-state index is 10.1. The summed E-state index contributed by atoms with van der Waals surface area (Å²) in [6, 6.07) is 5.28. The van der Waals surface area contributed by atoms with E-state index in [4.69, 9.17) is 23.2 Å². The maximum Gasteiger partial charge on any atom is 0.103 e. The van der Waals surface area contributed by atoms with E-state index < -0.39 is 6.10 Å². The van der Waals surface area contributed by atoms with Crippen molar-refractivity contribution in [1.82, 2.24) is 0 Å². The number of rotatable bonds is 2. The summed E-state index contributed by atoms with van der Waals surface area (Å²) in [5.41, 5.74) is 1.67. The summed E-state index contributed by atoms with van der Waals surface area (Å²) >= 11 is 12.1. The van der Waals surface area contributed by atoms with Crippen molar-refractivity contribution in [3.8, 4) is 0 Å². The molecule has 0 saturated carbocycles. The largest absolute Gasteiger partial charge is 0.384 e. The van der Waals surface area contributed by atoms with Crippen LogP contribution in [0.25, 0.3) is 0 Å². The number of hydrogen-bond donors (Lipinski definition) is 1. The van der Waals surface area contributed by atoms with Gasteiger partial charge < -0.3 is 5.11 Å². The lowest BCUT2D eigenvalue weighted by molar-refractivity contribution is 0.213. The lowest BCUT2D eigenvalue weighted by Gasteiger charge is -2.15. The van der Waals surface area contributed by atoms with E-state index in [1.807, 2.05) is 0 Å². The van der Waals surface area contributed by atoms with Crippen molar-refractivity contribution in [3.05, 3.63) is 45.5 Å². The van der Waals surface area contributed by atoms with Crippen molar-refractivity contribution in [2.75, 3.05) is 0 Å². The Morgan fingerprint density at radius 2 is 1.87 bits per heavy atom. The van der Waals surface area contributed by atoms with Crippen LogP contribution in [0.15, 0.2) is 29.8 Å². The molecular formula is C12H12Cl2O. The van der Waals surface area contributed by atoms with Crippen LogP contribution >= 0.6 is 23.2 Å². The van der Waals surface area contributed by atoms with Crippen LogP contribution in [0.4, 0.5) is 0 Å². The van der Waals surface area contributed by atoms with Crippen molar-refractivity contribution in [1.29, 1.82) is 0 Å². The number of allylic oxidation sites excluding steroid dienone is 1. The molecule has 0 fully saturated rings. The Morgan fingerprint density at radius 1 is 1.20 bits per heavy atom. The number of benzene rings is 1. The Bertz CT molecular complexity index is 378. The monoisotopic (exact) mass is 242 g/mol. The Balaban J connectivity index is 2.36. The first-order valence-electron chi connectivity index (χ1n) is 5.01. The number of aliphatic hydroxyl groups excluding tert-OH is 1. The molecule has 0 saturated heterocycles. The van der Waals surface area contributed by atoms with Gasteiger partial charge in [-0.3, -0.25) is 0 Å². The Morgan fingerprint density at radius 3 is 2.40 bits per heavy atom. The van der Waals surface area contributed by atoms with Crippen molar-refractivity contribution in [2.24, 2.45) is 0 Å². The van der Waals surface area contributed by atoms with Crippen molar-refractivity contribution in [3.63, 3.8) is 0 Å². The smallest absolute Gasteiger partial charge is 0.103 e. The fraction of sp³-hybridized carbons (Fsp3) is 0.333. The zero-order valence-corrected chi connectivity index (χ0v) is 9.72. The van der Waals surface area contributed by atoms with Gasteiger partial charge in [0.1, 0.15) is 6.10 Å². The summed E-state index contributed by atoms with van der Waals surface area (Å²) in [7, 11) is 0. The third-order valence-corrected chi connectivity index (χ3v) is 3.36. The molecule has 1 aliphatic rings. The zero-order chi connectivity index (χ0) is 10.8. The molecule has 1 atom stereocenters. The van der Waals surface area contributed by atoms with Gasteiger partial charge in [-0.25, -0.2) is 0 Å². The highest BCUT2D eigenvalue weighted by Crippen LogP contribution is 2.37. The van der Waals surface area contributed by atoms with Crippen LogP contribution in [0.2, 0.25) is 10.0 Å². The predicted molar refractivity (Wildman–Crippen MR) is 63.4 cm³/mol. The normalized spacial score (nSPS) is 17.7. The minimum atomic E-state index is -0.645. The molecule has 15 heavy (non-hydrogen) atoms. The maximum absolute atomic E-state index is 10.1. The van der Waals surface area contributed by atoms with Crippen molar-refractivity contribution < 1.29 is 5.11 Å². The first-order chi connectivity index (χ1) is 7.20. The third kappa shape index (κ3) is 2.20. The van der Waals surface area contributed by atoms with Gasteiger partial charge in [0.25, 0.3) is 0 Å². The van der Waals surface area contributed by atoms with E-state index in [2.05, 4.69) is 6.08 Å². The first-order valence-corrected chi connectivity index (χ1v) is 5.76. The Hall–Kier alpha value is -0.500. The Labute approximate surface area is 99.3 Å². The van der Waals surface area contributed by atoms with Crippen LogP contribution in [-0.4, -0.2) is 5.11 Å². The average molecular weight is 243 g/mol. The lowest BCUT2D eigenvalue weighted by Crippen LogP contribution is -2.01. The molecule has 1 aliphatic carbocycles. The van der Waals surface area contributed by atoms with E-state index in [-0.39, 0.29) is 0 Å². The van der Waals surface area contributed by atoms with Crippen LogP contribution in [0.3, 0.4) is 0 Å². The summed E-state index contributed by atoms with van der Waals surface area (Å²) in [4.78, 5) is 0. The molecule has 2 rings (SSSR count). The van der Waals surface area contributed by atoms with E-state index in [1.165, 1.54) is 0 Å². The van der Waals surface area contributed by atoms with Gasteiger partial charge in [0, 0.05) is 15.6 Å². The van der Waals surface area contributed by atoms with Crippen molar-refractivity contribution >= 4 is 23.2 Å². The van der Waals surface area contributed by atoms with Gasteiger partial charge >= 0.3 is 0 Å². The van der Waals surface area contributed by atoms with Crippen LogP contribution in [0.5, 0.6) is 0 Å². The minimum absolute atomic E-state index is 0.530. The first kappa shape index (κ1) is 11.0. The summed E-state index contributed by atoms with van der Waals surface area (Å²) in [5.74, 6) is 0. The van der Waals surface area contributed by atoms with E-state index in [0.717, 1.165) is 24.8 Å². The van der Waals surface area contributed by atoms with E-state index in [9.17, 15) is 5.11 Å². The standard InChI is InChI=1S/C12H12Cl2O/c13-9-6-3-7-10(14)11(9)12(15)8-4-1-2-5-8/h3-4,6-7,12,15H,1-2,5H2. The minimum Gasteiger partial charge on any atom is -0.384 e. The van der Waals surface area contributed by atoms with Gasteiger partial charge in [0.15, 0.2) is 0 Å². The zero-order valence-electron chi connectivity index (χ0n) is 8.21. The van der Waals surface area contributed by atoms with Gasteiger partial charge in [0.2, 0.25) is 0 Å². The van der Waals surface area contributed by atoms with Gasteiger partial charge in [0.05, 0.1) is 0 Å². The second kappa shape index (κ2) is 4.56. The molecule has 1 aromatic rings. The van der Waals surface area contributed by atoms with E-state index in [1.54, 1.807) is 18.2 Å². The molecule has 0 bridgehead atoms. The van der Waals surface area contributed by atoms with Crippen molar-refractivity contribution in [2.45, 2.75) is 25.4 Å². The van der Waals surface area contributed by atoms with Crippen LogP contribution in [0, 0.1) is 0 Å². The lowest BCUT2D eigenvalue weighted by atomic mass is 10.0. The molecule has 1 aromatic carbocycles. The molecule has 1 unspecified atom stereocenters. The molecule has 0 amide bonds. The molecule has 80 valence electrons. The van der Waals surface area contributed by atoms with E-state index in [0.29, 0.717) is 15.6 Å². The molecule has 1 nitrogen and oxygen atoms in total. The van der Waals surface area contributed by atoms with E-state index >= 15 is 0 Å².